The lowest BCUT2D eigenvalue weighted by Crippen LogP contribution is -2.43. The summed E-state index contributed by atoms with van der Waals surface area (Å²) in [5.74, 6) is -1.79. The average molecular weight is 714 g/mol. The summed E-state index contributed by atoms with van der Waals surface area (Å²) >= 11 is 0. The zero-order chi connectivity index (χ0) is 38.0. The molecule has 53 heavy (non-hydrogen) atoms. The molecule has 12 nitrogen and oxygen atoms in total. The van der Waals surface area contributed by atoms with Crippen molar-refractivity contribution < 1.29 is 24.2 Å². The van der Waals surface area contributed by atoms with Crippen molar-refractivity contribution in [3.05, 3.63) is 101 Å². The summed E-state index contributed by atoms with van der Waals surface area (Å²) in [6.45, 7) is 16.2. The molecule has 5 N–H and O–H groups in total. The summed E-state index contributed by atoms with van der Waals surface area (Å²) in [6.07, 6.45) is 7.56. The van der Waals surface area contributed by atoms with Crippen molar-refractivity contribution in [3.8, 4) is 0 Å². The first-order chi connectivity index (χ1) is 25.4. The Bertz CT molecular complexity index is 2390. The number of aromatic amines is 3. The summed E-state index contributed by atoms with van der Waals surface area (Å²) in [5.41, 5.74) is 14.2. The van der Waals surface area contributed by atoms with Crippen molar-refractivity contribution in [1.82, 2.24) is 35.2 Å². The second-order valence-electron chi connectivity index (χ2n) is 13.3. The van der Waals surface area contributed by atoms with Crippen LogP contribution in [-0.4, -0.2) is 66.0 Å². The number of nitrogens with zero attached hydrogens (tertiary/aromatic N) is 3. The smallest absolute Gasteiger partial charge is 0.328 e. The number of rotatable bonds is 12. The van der Waals surface area contributed by atoms with E-state index in [0.29, 0.717) is 34.9 Å². The van der Waals surface area contributed by atoms with Crippen LogP contribution in [0.2, 0.25) is 0 Å². The number of fused-ring (bicyclic) bond motifs is 8. The quantitative estimate of drug-likeness (QED) is 0.0946. The fourth-order valence-corrected chi connectivity index (χ4v) is 6.99. The molecule has 0 saturated heterocycles. The van der Waals surface area contributed by atoms with Crippen LogP contribution >= 0.6 is 0 Å². The van der Waals surface area contributed by atoms with Crippen molar-refractivity contribution in [2.24, 2.45) is 0 Å². The highest BCUT2D eigenvalue weighted by atomic mass is 16.5. The monoisotopic (exact) mass is 713 g/mol. The maximum absolute atomic E-state index is 13.4. The molecule has 0 spiro atoms. The van der Waals surface area contributed by atoms with E-state index in [2.05, 4.69) is 44.5 Å². The van der Waals surface area contributed by atoms with Crippen molar-refractivity contribution in [2.75, 3.05) is 7.11 Å². The Morgan fingerprint density at radius 1 is 0.811 bits per heavy atom. The van der Waals surface area contributed by atoms with E-state index in [0.717, 1.165) is 66.6 Å². The fraction of sp³-hybridized carbons (Fsp3) is 0.268. The third kappa shape index (κ3) is 7.39. The van der Waals surface area contributed by atoms with Gasteiger partial charge in [0.15, 0.2) is 0 Å². The number of aryl methyl sites for hydroxylation is 2. The minimum Gasteiger partial charge on any atom is -0.481 e. The number of aromatic nitrogens is 6. The molecule has 0 aromatic carbocycles. The van der Waals surface area contributed by atoms with E-state index < -0.39 is 18.0 Å². The van der Waals surface area contributed by atoms with Gasteiger partial charge in [-0.15, -0.1) is 0 Å². The van der Waals surface area contributed by atoms with Crippen molar-refractivity contribution in [3.63, 3.8) is 0 Å². The van der Waals surface area contributed by atoms with E-state index in [1.165, 1.54) is 13.4 Å². The first-order valence-electron chi connectivity index (χ1n) is 17.4. The number of carboxylic acid groups (broad SMARTS) is 1. The molecule has 6 rings (SSSR count). The molecule has 2 aliphatic rings. The van der Waals surface area contributed by atoms with Gasteiger partial charge in [-0.2, -0.15) is 0 Å². The lowest BCUT2D eigenvalue weighted by atomic mass is 9.98. The van der Waals surface area contributed by atoms with Crippen LogP contribution in [0.15, 0.2) is 49.9 Å². The third-order valence-corrected chi connectivity index (χ3v) is 10.0. The molecule has 4 aromatic heterocycles. The van der Waals surface area contributed by atoms with Crippen LogP contribution in [0.1, 0.15) is 90.3 Å². The molecule has 1 amide bonds. The Labute approximate surface area is 306 Å². The topological polar surface area (TPSA) is 179 Å². The highest BCUT2D eigenvalue weighted by molar-refractivity contribution is 5.97. The van der Waals surface area contributed by atoms with Crippen LogP contribution in [0.4, 0.5) is 0 Å². The van der Waals surface area contributed by atoms with Crippen LogP contribution in [0.3, 0.4) is 0 Å². The standard InChI is InChI=1S/C41H43N7O5/c1-8-26-21(3)30-15-31-23(5)28(10-12-39(49)48-38(41(52)53-7)14-25-19-42-20-43-25)36(46-31)18-37-29(11-13-40(50)51)24(6)33(47-37)17-35-27(9-2)22(4)32(45-35)16-34(26)44-30/h8-9,15-20,38,44-45H,1-2,10-14H2,3-7H3,(H,42,43)(H,48,49)(H,50,51)/t38-/m0/s1. The molecule has 12 heteroatoms. The molecule has 6 heterocycles. The van der Waals surface area contributed by atoms with Crippen LogP contribution in [0.5, 0.6) is 0 Å². The zero-order valence-electron chi connectivity index (χ0n) is 30.6. The number of aliphatic carboxylic acids is 1. The number of esters is 1. The first kappa shape index (κ1) is 36.5. The van der Waals surface area contributed by atoms with Crippen molar-refractivity contribution >= 4 is 74.4 Å². The van der Waals surface area contributed by atoms with Crippen molar-refractivity contribution in [1.29, 1.82) is 0 Å². The van der Waals surface area contributed by atoms with E-state index >= 15 is 0 Å². The summed E-state index contributed by atoms with van der Waals surface area (Å²) in [7, 11) is 1.28. The minimum absolute atomic E-state index is 0.0648. The van der Waals surface area contributed by atoms with Crippen LogP contribution in [0, 0.1) is 13.8 Å². The van der Waals surface area contributed by atoms with Crippen LogP contribution in [-0.2, 0) is 25.5 Å². The number of ether oxygens (including phenoxy) is 1. The number of allylic oxidation sites excluding steroid dienone is 4. The van der Waals surface area contributed by atoms with E-state index in [9.17, 15) is 19.5 Å². The van der Waals surface area contributed by atoms with Crippen LogP contribution < -0.4 is 5.32 Å². The van der Waals surface area contributed by atoms with Gasteiger partial charge in [0.2, 0.25) is 5.91 Å². The summed E-state index contributed by atoms with van der Waals surface area (Å²) in [6, 6.07) is 7.02. The maximum atomic E-state index is 13.4. The Balaban J connectivity index is 1.51. The normalized spacial score (nSPS) is 13.2. The number of nitrogens with one attached hydrogen (secondary N) is 4. The Kier molecular flexibility index (Phi) is 10.4. The maximum Gasteiger partial charge on any atom is 0.328 e. The summed E-state index contributed by atoms with van der Waals surface area (Å²) < 4.78 is 4.96. The van der Waals surface area contributed by atoms with Gasteiger partial charge in [-0.25, -0.2) is 19.7 Å². The second kappa shape index (κ2) is 15.1. The summed E-state index contributed by atoms with van der Waals surface area (Å²) in [5, 5.41) is 12.4. The van der Waals surface area contributed by atoms with Gasteiger partial charge in [-0.3, -0.25) is 9.59 Å². The molecular formula is C41H43N7O5. The van der Waals surface area contributed by atoms with E-state index in [4.69, 9.17) is 14.7 Å². The predicted octanol–water partition coefficient (Wildman–Crippen LogP) is 7.35. The molecule has 0 fully saturated rings. The minimum atomic E-state index is -0.905. The molecule has 4 aromatic rings. The van der Waals surface area contributed by atoms with Gasteiger partial charge in [0, 0.05) is 64.3 Å². The molecule has 8 bridgehead atoms. The van der Waals surface area contributed by atoms with Crippen molar-refractivity contribution in [2.45, 2.75) is 65.8 Å². The molecule has 0 aliphatic carbocycles. The number of hydrogen-bond acceptors (Lipinski definition) is 7. The van der Waals surface area contributed by atoms with Gasteiger partial charge >= 0.3 is 11.9 Å². The largest absolute Gasteiger partial charge is 0.481 e. The number of carbonyl (C=O) groups excluding carboxylic acids is 2. The van der Waals surface area contributed by atoms with E-state index in [1.807, 2.05) is 58.0 Å². The number of methoxy groups -OCH3 is 1. The molecular weight excluding hydrogens is 670 g/mol. The van der Waals surface area contributed by atoms with Gasteiger partial charge in [0.1, 0.15) is 6.04 Å². The fourth-order valence-electron chi connectivity index (χ4n) is 6.99. The number of carbonyl (C=O) groups is 3. The van der Waals surface area contributed by atoms with E-state index in [1.54, 1.807) is 6.20 Å². The van der Waals surface area contributed by atoms with E-state index in [-0.39, 0.29) is 31.6 Å². The van der Waals surface area contributed by atoms with Gasteiger partial charge in [-0.05, 0) is 98.2 Å². The highest BCUT2D eigenvalue weighted by Gasteiger charge is 2.25. The number of amides is 1. The van der Waals surface area contributed by atoms with Gasteiger partial charge < -0.3 is 30.1 Å². The molecule has 0 radical (unpaired) electrons. The number of imidazole rings is 1. The lowest BCUT2D eigenvalue weighted by molar-refractivity contribution is -0.145. The molecule has 1 atom stereocenters. The van der Waals surface area contributed by atoms with Gasteiger partial charge in [0.05, 0.1) is 36.2 Å². The predicted molar refractivity (Wildman–Crippen MR) is 208 cm³/mol. The Hall–Kier alpha value is -6.30. The second-order valence-corrected chi connectivity index (χ2v) is 13.3. The number of H-pyrrole nitrogens is 3. The van der Waals surface area contributed by atoms with Gasteiger partial charge in [-0.1, -0.05) is 25.3 Å². The first-order valence-corrected chi connectivity index (χ1v) is 17.4. The average Bonchev–Trinajstić information content (AvgIpc) is 3.93. The van der Waals surface area contributed by atoms with Crippen LogP contribution in [0.25, 0.3) is 56.5 Å². The molecule has 2 aliphatic heterocycles. The Morgan fingerprint density at radius 2 is 1.36 bits per heavy atom. The highest BCUT2D eigenvalue weighted by Crippen LogP contribution is 2.38. The van der Waals surface area contributed by atoms with Gasteiger partial charge in [0.25, 0.3) is 0 Å². The zero-order valence-corrected chi connectivity index (χ0v) is 30.6. The Morgan fingerprint density at radius 3 is 1.89 bits per heavy atom. The molecule has 0 saturated carbocycles. The summed E-state index contributed by atoms with van der Waals surface area (Å²) in [4.78, 5) is 61.9. The molecule has 0 unspecified atom stereocenters. The molecule has 272 valence electrons. The SMILES string of the molecule is C=Cc1c(C)c2cc3[nH]c(cc4nc(cc5nc(cc1[nH]2)C(C)=C5CCC(=O)O)C(CCC(=O)N[C@@H](Cc1cnc[nH]1)C(=O)OC)=C4C)c(C)c3C=C. The number of carboxylic acids is 1. The third-order valence-electron chi connectivity index (χ3n) is 10.0. The lowest BCUT2D eigenvalue weighted by Gasteiger charge is -2.16. The number of hydrogen-bond donors (Lipinski definition) is 5.